The van der Waals surface area contributed by atoms with Gasteiger partial charge in [0, 0.05) is 36.2 Å². The van der Waals surface area contributed by atoms with E-state index >= 15 is 0 Å². The summed E-state index contributed by atoms with van der Waals surface area (Å²) in [7, 11) is 0. The summed E-state index contributed by atoms with van der Waals surface area (Å²) in [4.78, 5) is 20.7. The van der Waals surface area contributed by atoms with Gasteiger partial charge in [0.2, 0.25) is 5.95 Å². The Bertz CT molecular complexity index is 674. The van der Waals surface area contributed by atoms with E-state index < -0.39 is 0 Å². The molecule has 0 aliphatic heterocycles. The highest BCUT2D eigenvalue weighted by molar-refractivity contribution is 5.64. The van der Waals surface area contributed by atoms with Gasteiger partial charge in [0.05, 0.1) is 0 Å². The summed E-state index contributed by atoms with van der Waals surface area (Å²) in [5, 5.41) is 3.17. The predicted octanol–water partition coefficient (Wildman–Crippen LogP) is 2.98. The fraction of sp³-hybridized carbons (Fsp3) is 0.375. The molecular weight excluding hydrogens is 264 g/mol. The Kier molecular flexibility index (Phi) is 4.62. The minimum Gasteiger partial charge on any atom is -0.372 e. The normalized spacial score (nSPS) is 10.5. The van der Waals surface area contributed by atoms with Crippen LogP contribution >= 0.6 is 0 Å². The van der Waals surface area contributed by atoms with Gasteiger partial charge in [0.25, 0.3) is 5.56 Å². The van der Waals surface area contributed by atoms with Crippen molar-refractivity contribution < 1.29 is 0 Å². The van der Waals surface area contributed by atoms with Crippen LogP contribution in [0.15, 0.2) is 29.1 Å². The average molecular weight is 286 g/mol. The lowest BCUT2D eigenvalue weighted by Crippen LogP contribution is -2.21. The molecule has 0 atom stereocenters. The first-order chi connectivity index (χ1) is 10.0. The second-order valence-corrected chi connectivity index (χ2v) is 5.03. The minimum absolute atomic E-state index is 0.151. The molecule has 21 heavy (non-hydrogen) atoms. The van der Waals surface area contributed by atoms with Gasteiger partial charge >= 0.3 is 0 Å². The van der Waals surface area contributed by atoms with E-state index in [9.17, 15) is 4.79 Å². The summed E-state index contributed by atoms with van der Waals surface area (Å²) in [5.74, 6) is 0.471. The molecule has 0 fully saturated rings. The number of aryl methyl sites for hydroxylation is 2. The largest absolute Gasteiger partial charge is 0.372 e. The van der Waals surface area contributed by atoms with Gasteiger partial charge in [-0.1, -0.05) is 0 Å². The number of nitrogens with zero attached hydrogens (tertiary/aromatic N) is 2. The zero-order chi connectivity index (χ0) is 15.4. The molecule has 112 valence electrons. The molecule has 0 aliphatic carbocycles. The van der Waals surface area contributed by atoms with Crippen LogP contribution in [0.1, 0.15) is 25.1 Å². The number of anilines is 3. The highest BCUT2D eigenvalue weighted by Gasteiger charge is 2.06. The van der Waals surface area contributed by atoms with Crippen LogP contribution < -0.4 is 15.8 Å². The third-order valence-corrected chi connectivity index (χ3v) is 3.46. The molecule has 0 saturated carbocycles. The second kappa shape index (κ2) is 6.43. The molecule has 1 heterocycles. The summed E-state index contributed by atoms with van der Waals surface area (Å²) in [5.41, 5.74) is 3.80. The van der Waals surface area contributed by atoms with Crippen LogP contribution in [-0.2, 0) is 0 Å². The number of H-pyrrole nitrogens is 1. The van der Waals surface area contributed by atoms with Gasteiger partial charge in [0.1, 0.15) is 0 Å². The molecular formula is C16H22N4O. The lowest BCUT2D eigenvalue weighted by Gasteiger charge is -2.22. The standard InChI is InChI=1S/C16H22N4O/c1-5-20(6-2)13-7-8-14(11(3)9-13)18-16-17-12(4)10-15(21)19-16/h7-10H,5-6H2,1-4H3,(H2,17,18,19,21). The smallest absolute Gasteiger partial charge is 0.252 e. The first-order valence-electron chi connectivity index (χ1n) is 7.24. The zero-order valence-electron chi connectivity index (χ0n) is 13.0. The SMILES string of the molecule is CCN(CC)c1ccc(Nc2nc(C)cc(=O)[nH]2)c(C)c1. The summed E-state index contributed by atoms with van der Waals surface area (Å²) in [6.07, 6.45) is 0. The van der Waals surface area contributed by atoms with E-state index in [0.29, 0.717) is 11.6 Å². The molecule has 5 heteroatoms. The van der Waals surface area contributed by atoms with E-state index in [0.717, 1.165) is 24.3 Å². The summed E-state index contributed by atoms with van der Waals surface area (Å²) < 4.78 is 0. The molecule has 2 rings (SSSR count). The van der Waals surface area contributed by atoms with Crippen LogP contribution in [0.25, 0.3) is 0 Å². The third kappa shape index (κ3) is 3.62. The van der Waals surface area contributed by atoms with Crippen LogP contribution in [0.4, 0.5) is 17.3 Å². The Morgan fingerprint density at radius 3 is 2.48 bits per heavy atom. The van der Waals surface area contributed by atoms with Crippen LogP contribution in [0.5, 0.6) is 0 Å². The molecule has 1 aromatic heterocycles. The number of aromatic nitrogens is 2. The highest BCUT2D eigenvalue weighted by Crippen LogP contribution is 2.24. The van der Waals surface area contributed by atoms with Crippen molar-refractivity contribution in [2.24, 2.45) is 0 Å². The van der Waals surface area contributed by atoms with Crippen LogP contribution in [0, 0.1) is 13.8 Å². The van der Waals surface area contributed by atoms with Crippen molar-refractivity contribution in [2.45, 2.75) is 27.7 Å². The molecule has 0 unspecified atom stereocenters. The number of benzene rings is 1. The van der Waals surface area contributed by atoms with E-state index in [1.54, 1.807) is 6.92 Å². The quantitative estimate of drug-likeness (QED) is 0.887. The summed E-state index contributed by atoms with van der Waals surface area (Å²) >= 11 is 0. The van der Waals surface area contributed by atoms with E-state index in [2.05, 4.69) is 46.2 Å². The maximum absolute atomic E-state index is 11.5. The number of aromatic amines is 1. The van der Waals surface area contributed by atoms with Gasteiger partial charge in [-0.15, -0.1) is 0 Å². The summed E-state index contributed by atoms with van der Waals surface area (Å²) in [6, 6.07) is 7.71. The van der Waals surface area contributed by atoms with E-state index in [-0.39, 0.29) is 5.56 Å². The lowest BCUT2D eigenvalue weighted by atomic mass is 10.1. The molecule has 0 radical (unpaired) electrons. The number of hydrogen-bond donors (Lipinski definition) is 2. The Morgan fingerprint density at radius 2 is 1.90 bits per heavy atom. The molecule has 0 saturated heterocycles. The van der Waals surface area contributed by atoms with Gasteiger partial charge in [0.15, 0.2) is 0 Å². The number of rotatable bonds is 5. The lowest BCUT2D eigenvalue weighted by molar-refractivity contribution is 0.866. The first kappa shape index (κ1) is 15.1. The zero-order valence-corrected chi connectivity index (χ0v) is 13.0. The van der Waals surface area contributed by atoms with Crippen molar-refractivity contribution >= 4 is 17.3 Å². The molecule has 0 spiro atoms. The maximum atomic E-state index is 11.5. The van der Waals surface area contributed by atoms with Gasteiger partial charge in [-0.25, -0.2) is 4.98 Å². The van der Waals surface area contributed by atoms with Crippen molar-refractivity contribution in [3.8, 4) is 0 Å². The van der Waals surface area contributed by atoms with Crippen LogP contribution in [0.2, 0.25) is 0 Å². The van der Waals surface area contributed by atoms with Crippen molar-refractivity contribution in [3.63, 3.8) is 0 Å². The van der Waals surface area contributed by atoms with Gasteiger partial charge in [-0.3, -0.25) is 9.78 Å². The Balaban J connectivity index is 2.27. The molecule has 0 amide bonds. The second-order valence-electron chi connectivity index (χ2n) is 5.03. The van der Waals surface area contributed by atoms with Gasteiger partial charge in [-0.05, 0) is 51.5 Å². The van der Waals surface area contributed by atoms with Crippen molar-refractivity contribution in [2.75, 3.05) is 23.3 Å². The van der Waals surface area contributed by atoms with E-state index in [1.165, 1.54) is 11.8 Å². The Labute approximate surface area is 125 Å². The number of nitrogens with one attached hydrogen (secondary N) is 2. The summed E-state index contributed by atoms with van der Waals surface area (Å²) in [6.45, 7) is 10.1. The molecule has 0 bridgehead atoms. The first-order valence-corrected chi connectivity index (χ1v) is 7.24. The monoisotopic (exact) mass is 286 g/mol. The maximum Gasteiger partial charge on any atom is 0.252 e. The Morgan fingerprint density at radius 1 is 1.19 bits per heavy atom. The molecule has 0 aliphatic rings. The average Bonchev–Trinajstić information content (AvgIpc) is 2.42. The van der Waals surface area contributed by atoms with Gasteiger partial charge < -0.3 is 10.2 Å². The fourth-order valence-corrected chi connectivity index (χ4v) is 2.34. The van der Waals surface area contributed by atoms with Crippen LogP contribution in [-0.4, -0.2) is 23.1 Å². The fourth-order valence-electron chi connectivity index (χ4n) is 2.34. The molecule has 1 aromatic carbocycles. The predicted molar refractivity (Wildman–Crippen MR) is 87.6 cm³/mol. The van der Waals surface area contributed by atoms with E-state index in [1.807, 2.05) is 13.0 Å². The minimum atomic E-state index is -0.151. The topological polar surface area (TPSA) is 61.0 Å². The molecule has 2 aromatic rings. The van der Waals surface area contributed by atoms with Gasteiger partial charge in [-0.2, -0.15) is 0 Å². The highest BCUT2D eigenvalue weighted by atomic mass is 16.1. The van der Waals surface area contributed by atoms with E-state index in [4.69, 9.17) is 0 Å². The molecule has 2 N–H and O–H groups in total. The van der Waals surface area contributed by atoms with Crippen molar-refractivity contribution in [3.05, 3.63) is 45.9 Å². The van der Waals surface area contributed by atoms with Crippen LogP contribution in [0.3, 0.4) is 0 Å². The number of hydrogen-bond acceptors (Lipinski definition) is 4. The third-order valence-electron chi connectivity index (χ3n) is 3.46. The van der Waals surface area contributed by atoms with Crippen molar-refractivity contribution in [1.82, 2.24) is 9.97 Å². The molecule has 5 nitrogen and oxygen atoms in total. The van der Waals surface area contributed by atoms with Crippen molar-refractivity contribution in [1.29, 1.82) is 0 Å². The Hall–Kier alpha value is -2.30.